The number of nitrogens with zero attached hydrogens (tertiary/aromatic N) is 1. The summed E-state index contributed by atoms with van der Waals surface area (Å²) >= 11 is 0. The number of para-hydroxylation sites is 2. The van der Waals surface area contributed by atoms with Crippen LogP contribution in [0.2, 0.25) is 0 Å². The van der Waals surface area contributed by atoms with Crippen LogP contribution in [-0.4, -0.2) is 0 Å². The van der Waals surface area contributed by atoms with Crippen LogP contribution in [0.3, 0.4) is 0 Å². The minimum atomic E-state index is 0.336. The van der Waals surface area contributed by atoms with Gasteiger partial charge in [0.25, 0.3) is 0 Å². The lowest BCUT2D eigenvalue weighted by molar-refractivity contribution is 0.188. The summed E-state index contributed by atoms with van der Waals surface area (Å²) in [5.41, 5.74) is 12.9. The number of benzene rings is 4. The zero-order valence-corrected chi connectivity index (χ0v) is 21.4. The van der Waals surface area contributed by atoms with Crippen molar-refractivity contribution in [2.45, 2.75) is 64.2 Å². The summed E-state index contributed by atoms with van der Waals surface area (Å²) in [4.78, 5) is 2.36. The smallest absolute Gasteiger partial charge is 0.0467 e. The van der Waals surface area contributed by atoms with E-state index in [1.165, 1.54) is 65.0 Å². The largest absolute Gasteiger partial charge is 0.310 e. The fraction of sp³-hybridized carbons (Fsp3) is 0.294. The minimum Gasteiger partial charge on any atom is -0.310 e. The van der Waals surface area contributed by atoms with Crippen molar-refractivity contribution in [1.29, 1.82) is 0 Å². The Hall–Kier alpha value is -3.32. The summed E-state index contributed by atoms with van der Waals surface area (Å²) < 4.78 is 0. The molecule has 1 heteroatoms. The molecule has 3 aliphatic carbocycles. The molecule has 0 atom stereocenters. The third-order valence-electron chi connectivity index (χ3n) is 8.87. The van der Waals surface area contributed by atoms with E-state index in [1.54, 1.807) is 11.1 Å². The molecule has 2 bridgehead atoms. The van der Waals surface area contributed by atoms with Crippen molar-refractivity contribution in [1.82, 2.24) is 0 Å². The summed E-state index contributed by atoms with van der Waals surface area (Å²) in [6.45, 7) is 9.52. The van der Waals surface area contributed by atoms with Crippen LogP contribution in [0.4, 0.5) is 17.1 Å². The van der Waals surface area contributed by atoms with Crippen molar-refractivity contribution in [2.24, 2.45) is 0 Å². The number of hydrogen-bond donors (Lipinski definition) is 0. The molecule has 1 saturated carbocycles. The number of fused-ring (bicyclic) bond motifs is 2. The molecule has 0 spiro atoms. The van der Waals surface area contributed by atoms with E-state index in [-0.39, 0.29) is 0 Å². The molecule has 0 radical (unpaired) electrons. The average molecular weight is 458 g/mol. The van der Waals surface area contributed by atoms with Gasteiger partial charge in [-0.1, -0.05) is 68.4 Å². The summed E-state index contributed by atoms with van der Waals surface area (Å²) in [5, 5.41) is 0. The van der Waals surface area contributed by atoms with Gasteiger partial charge in [-0.15, -0.1) is 0 Å². The molecule has 0 unspecified atom stereocenters. The zero-order valence-electron chi connectivity index (χ0n) is 21.4. The minimum absolute atomic E-state index is 0.336. The van der Waals surface area contributed by atoms with Gasteiger partial charge in [-0.25, -0.2) is 0 Å². The molecule has 1 nitrogen and oxygen atoms in total. The molecule has 4 aromatic rings. The molecule has 0 aliphatic heterocycles. The SMILES string of the molecule is Cc1cc(N(c2ccccc2)c2ccccc2)cc(C)c1-c1ccc2c(c1)C1(C)CCC2(C)CC1. The van der Waals surface area contributed by atoms with Gasteiger partial charge in [0.1, 0.15) is 0 Å². The van der Waals surface area contributed by atoms with Crippen molar-refractivity contribution in [2.75, 3.05) is 4.90 Å². The van der Waals surface area contributed by atoms with Crippen molar-refractivity contribution in [3.05, 3.63) is 113 Å². The third kappa shape index (κ3) is 3.60. The molecular formula is C34H35N. The summed E-state index contributed by atoms with van der Waals surface area (Å²) in [7, 11) is 0. The maximum Gasteiger partial charge on any atom is 0.0467 e. The standard InChI is InChI=1S/C34H35N/c1-24-21-29(35(27-11-7-5-8-12-27)28-13-9-6-10-14-28)22-25(2)32(24)26-15-16-30-31(23-26)34(4)19-17-33(30,3)18-20-34/h5-16,21-23H,17-20H2,1-4H3. The summed E-state index contributed by atoms with van der Waals surface area (Å²) in [5.74, 6) is 0. The number of aryl methyl sites for hydroxylation is 2. The first kappa shape index (κ1) is 22.2. The molecule has 0 amide bonds. The Bertz CT molecular complexity index is 1310. The molecule has 0 N–H and O–H groups in total. The van der Waals surface area contributed by atoms with Crippen LogP contribution >= 0.6 is 0 Å². The highest BCUT2D eigenvalue weighted by Gasteiger charge is 2.47. The van der Waals surface area contributed by atoms with Gasteiger partial charge in [-0.3, -0.25) is 0 Å². The van der Waals surface area contributed by atoms with Crippen LogP contribution in [0, 0.1) is 13.8 Å². The monoisotopic (exact) mass is 457 g/mol. The molecular weight excluding hydrogens is 422 g/mol. The van der Waals surface area contributed by atoms with Gasteiger partial charge < -0.3 is 4.90 Å². The molecule has 1 fully saturated rings. The van der Waals surface area contributed by atoms with Crippen molar-refractivity contribution in [3.8, 4) is 11.1 Å². The van der Waals surface area contributed by atoms with Crippen LogP contribution in [0.1, 0.15) is 61.8 Å². The molecule has 0 heterocycles. The molecule has 176 valence electrons. The third-order valence-corrected chi connectivity index (χ3v) is 8.87. The predicted octanol–water partition coefficient (Wildman–Crippen LogP) is 9.54. The lowest BCUT2D eigenvalue weighted by Gasteiger charge is -2.52. The van der Waals surface area contributed by atoms with Crippen LogP contribution < -0.4 is 4.90 Å². The first-order valence-corrected chi connectivity index (χ1v) is 13.0. The maximum absolute atomic E-state index is 2.53. The van der Waals surface area contributed by atoms with Gasteiger partial charge in [0.05, 0.1) is 0 Å². The Balaban J connectivity index is 1.46. The predicted molar refractivity (Wildman–Crippen MR) is 149 cm³/mol. The molecule has 35 heavy (non-hydrogen) atoms. The van der Waals surface area contributed by atoms with E-state index in [9.17, 15) is 0 Å². The van der Waals surface area contributed by atoms with Crippen molar-refractivity contribution < 1.29 is 0 Å². The summed E-state index contributed by atoms with van der Waals surface area (Å²) in [6.07, 6.45) is 5.30. The second-order valence-electron chi connectivity index (χ2n) is 11.3. The van der Waals surface area contributed by atoms with Gasteiger partial charge in [0.2, 0.25) is 0 Å². The maximum atomic E-state index is 2.53. The van der Waals surface area contributed by atoms with Gasteiger partial charge in [0.15, 0.2) is 0 Å². The Labute approximate surface area is 210 Å². The molecule has 4 aromatic carbocycles. The number of rotatable bonds is 4. The number of hydrogen-bond acceptors (Lipinski definition) is 1. The second kappa shape index (κ2) is 8.12. The Morgan fingerprint density at radius 2 is 1.03 bits per heavy atom. The van der Waals surface area contributed by atoms with Crippen LogP contribution in [0.15, 0.2) is 91.0 Å². The highest BCUT2D eigenvalue weighted by molar-refractivity contribution is 5.81. The van der Waals surface area contributed by atoms with Crippen molar-refractivity contribution >= 4 is 17.1 Å². The van der Waals surface area contributed by atoms with Gasteiger partial charge >= 0.3 is 0 Å². The van der Waals surface area contributed by atoms with E-state index in [1.807, 2.05) is 0 Å². The lowest BCUT2D eigenvalue weighted by atomic mass is 9.52. The normalized spacial score (nSPS) is 22.6. The highest BCUT2D eigenvalue weighted by atomic mass is 15.1. The quantitative estimate of drug-likeness (QED) is 0.295. The molecule has 3 aliphatic rings. The van der Waals surface area contributed by atoms with Gasteiger partial charge in [-0.2, -0.15) is 0 Å². The van der Waals surface area contributed by atoms with Crippen LogP contribution in [-0.2, 0) is 10.8 Å². The van der Waals surface area contributed by atoms with E-state index >= 15 is 0 Å². The Morgan fingerprint density at radius 3 is 1.54 bits per heavy atom. The average Bonchev–Trinajstić information content (AvgIpc) is 2.87. The number of anilines is 3. The Kier molecular flexibility index (Phi) is 5.14. The second-order valence-corrected chi connectivity index (χ2v) is 11.3. The van der Waals surface area contributed by atoms with E-state index < -0.39 is 0 Å². The fourth-order valence-electron chi connectivity index (χ4n) is 6.74. The van der Waals surface area contributed by atoms with E-state index in [0.29, 0.717) is 10.8 Å². The Morgan fingerprint density at radius 1 is 0.543 bits per heavy atom. The van der Waals surface area contributed by atoms with E-state index in [0.717, 1.165) is 0 Å². The zero-order chi connectivity index (χ0) is 24.2. The van der Waals surface area contributed by atoms with Gasteiger partial charge in [0, 0.05) is 17.1 Å². The highest BCUT2D eigenvalue weighted by Crippen LogP contribution is 2.56. The van der Waals surface area contributed by atoms with Crippen molar-refractivity contribution in [3.63, 3.8) is 0 Å². The van der Waals surface area contributed by atoms with Crippen LogP contribution in [0.25, 0.3) is 11.1 Å². The van der Waals surface area contributed by atoms with Gasteiger partial charge in [-0.05, 0) is 120 Å². The topological polar surface area (TPSA) is 3.24 Å². The van der Waals surface area contributed by atoms with E-state index in [2.05, 4.69) is 124 Å². The summed E-state index contributed by atoms with van der Waals surface area (Å²) in [6, 6.07) is 33.4. The molecule has 0 aromatic heterocycles. The first-order valence-electron chi connectivity index (χ1n) is 13.0. The molecule has 0 saturated heterocycles. The lowest BCUT2D eigenvalue weighted by Crippen LogP contribution is -2.44. The molecule has 7 rings (SSSR count). The van der Waals surface area contributed by atoms with Crippen LogP contribution in [0.5, 0.6) is 0 Å². The fourth-order valence-corrected chi connectivity index (χ4v) is 6.74. The first-order chi connectivity index (χ1) is 16.9. The van der Waals surface area contributed by atoms with E-state index in [4.69, 9.17) is 0 Å².